The lowest BCUT2D eigenvalue weighted by molar-refractivity contribution is -0.125. The van der Waals surface area contributed by atoms with Crippen LogP contribution in [0.2, 0.25) is 0 Å². The molecule has 2 atom stereocenters. The Labute approximate surface area is 116 Å². The number of carbonyl (C=O) groups is 1. The molecular weight excluding hydrogens is 262 g/mol. The van der Waals surface area contributed by atoms with Gasteiger partial charge < -0.3 is 14.8 Å². The highest BCUT2D eigenvalue weighted by Gasteiger charge is 2.20. The number of amides is 1. The summed E-state index contributed by atoms with van der Waals surface area (Å²) in [7, 11) is 0. The second kappa shape index (κ2) is 6.54. The molecule has 0 bridgehead atoms. The number of rotatable bonds is 6. The van der Waals surface area contributed by atoms with E-state index in [-0.39, 0.29) is 18.4 Å². The van der Waals surface area contributed by atoms with E-state index in [1.54, 1.807) is 23.5 Å². The largest absolute Gasteiger partial charge is 0.467 e. The molecule has 5 heteroatoms. The lowest BCUT2D eigenvalue weighted by atomic mass is 10.1. The zero-order valence-corrected chi connectivity index (χ0v) is 11.5. The van der Waals surface area contributed by atoms with Crippen molar-refractivity contribution < 1.29 is 14.3 Å². The average molecular weight is 279 g/mol. The summed E-state index contributed by atoms with van der Waals surface area (Å²) in [6.45, 7) is 1.70. The number of thiophene rings is 1. The first-order valence-corrected chi connectivity index (χ1v) is 7.05. The van der Waals surface area contributed by atoms with Gasteiger partial charge in [-0.1, -0.05) is 13.0 Å². The van der Waals surface area contributed by atoms with Crippen molar-refractivity contribution in [3.8, 4) is 0 Å². The predicted octanol–water partition coefficient (Wildman–Crippen LogP) is 2.37. The average Bonchev–Trinajstić information content (AvgIpc) is 3.08. The van der Waals surface area contributed by atoms with Crippen LogP contribution in [-0.4, -0.2) is 17.6 Å². The monoisotopic (exact) mass is 279 g/mol. The van der Waals surface area contributed by atoms with Crippen molar-refractivity contribution >= 4 is 17.2 Å². The third kappa shape index (κ3) is 3.68. The van der Waals surface area contributed by atoms with E-state index in [1.807, 2.05) is 24.4 Å². The van der Waals surface area contributed by atoms with E-state index in [0.29, 0.717) is 12.2 Å². The molecule has 0 aliphatic carbocycles. The lowest BCUT2D eigenvalue weighted by Gasteiger charge is -2.17. The summed E-state index contributed by atoms with van der Waals surface area (Å²) in [6, 6.07) is 6.99. The number of carbonyl (C=O) groups excluding carboxylic acids is 1. The van der Waals surface area contributed by atoms with Crippen molar-refractivity contribution in [2.24, 2.45) is 5.92 Å². The van der Waals surface area contributed by atoms with E-state index in [2.05, 4.69) is 5.32 Å². The smallest absolute Gasteiger partial charge is 0.223 e. The summed E-state index contributed by atoms with van der Waals surface area (Å²) < 4.78 is 5.20. The minimum Gasteiger partial charge on any atom is -0.467 e. The molecule has 0 aliphatic heterocycles. The first-order chi connectivity index (χ1) is 9.20. The highest BCUT2D eigenvalue weighted by Crippen LogP contribution is 2.17. The highest BCUT2D eigenvalue weighted by molar-refractivity contribution is 7.09. The molecule has 102 valence electrons. The van der Waals surface area contributed by atoms with E-state index >= 15 is 0 Å². The highest BCUT2D eigenvalue weighted by atomic mass is 32.1. The van der Waals surface area contributed by atoms with E-state index in [0.717, 1.165) is 0 Å². The van der Waals surface area contributed by atoms with Crippen LogP contribution in [0, 0.1) is 5.92 Å². The molecule has 0 saturated carbocycles. The fraction of sp³-hybridized carbons (Fsp3) is 0.357. The first kappa shape index (κ1) is 13.8. The number of furan rings is 1. The Bertz CT molecular complexity index is 493. The molecule has 2 heterocycles. The molecule has 0 radical (unpaired) electrons. The van der Waals surface area contributed by atoms with Gasteiger partial charge in [0.1, 0.15) is 11.8 Å². The molecule has 0 fully saturated rings. The molecule has 0 aliphatic rings. The van der Waals surface area contributed by atoms with Gasteiger partial charge >= 0.3 is 0 Å². The second-order valence-corrected chi connectivity index (χ2v) is 5.48. The van der Waals surface area contributed by atoms with Gasteiger partial charge in [0.2, 0.25) is 5.91 Å². The van der Waals surface area contributed by atoms with Gasteiger partial charge in [0, 0.05) is 10.8 Å². The third-order valence-electron chi connectivity index (χ3n) is 2.92. The third-order valence-corrected chi connectivity index (χ3v) is 3.82. The van der Waals surface area contributed by atoms with Gasteiger partial charge in [-0.05, 0) is 30.0 Å². The molecule has 1 amide bonds. The topological polar surface area (TPSA) is 62.5 Å². The van der Waals surface area contributed by atoms with Gasteiger partial charge in [-0.2, -0.15) is 0 Å². The van der Waals surface area contributed by atoms with Crippen LogP contribution in [0.1, 0.15) is 23.6 Å². The van der Waals surface area contributed by atoms with E-state index in [9.17, 15) is 9.90 Å². The van der Waals surface area contributed by atoms with E-state index in [1.165, 1.54) is 11.1 Å². The number of aliphatic hydroxyl groups is 1. The molecule has 0 aromatic carbocycles. The Balaban J connectivity index is 1.92. The van der Waals surface area contributed by atoms with E-state index in [4.69, 9.17) is 4.42 Å². The maximum absolute atomic E-state index is 12.1. The summed E-state index contributed by atoms with van der Waals surface area (Å²) in [5.41, 5.74) is 0. The van der Waals surface area contributed by atoms with Gasteiger partial charge in [-0.3, -0.25) is 4.79 Å². The number of aliphatic hydroxyl groups excluding tert-OH is 1. The van der Waals surface area contributed by atoms with Crippen molar-refractivity contribution in [3.05, 3.63) is 46.5 Å². The van der Waals surface area contributed by atoms with Gasteiger partial charge in [0.15, 0.2) is 0 Å². The molecule has 2 rings (SSSR count). The second-order valence-electron chi connectivity index (χ2n) is 4.44. The fourth-order valence-corrected chi connectivity index (χ4v) is 2.67. The molecule has 0 spiro atoms. The normalized spacial score (nSPS) is 14.0. The van der Waals surface area contributed by atoms with Crippen molar-refractivity contribution in [3.63, 3.8) is 0 Å². The van der Waals surface area contributed by atoms with Crippen LogP contribution < -0.4 is 5.32 Å². The summed E-state index contributed by atoms with van der Waals surface area (Å²) >= 11 is 1.64. The Morgan fingerprint density at radius 3 is 2.89 bits per heavy atom. The van der Waals surface area contributed by atoms with Crippen LogP contribution in [0.15, 0.2) is 40.3 Å². The standard InChI is InChI=1S/C14H17NO3S/c1-10(8-11-4-3-7-19-11)14(17)15-12(9-16)13-5-2-6-18-13/h2-7,10,12,16H,8-9H2,1H3,(H,15,17). The number of nitrogens with one attached hydrogen (secondary N) is 1. The summed E-state index contributed by atoms with van der Waals surface area (Å²) in [5.74, 6) is 0.352. The molecular formula is C14H17NO3S. The van der Waals surface area contributed by atoms with Crippen LogP contribution in [0.25, 0.3) is 0 Å². The summed E-state index contributed by atoms with van der Waals surface area (Å²) in [4.78, 5) is 13.3. The lowest BCUT2D eigenvalue weighted by Crippen LogP contribution is -2.35. The Morgan fingerprint density at radius 1 is 1.47 bits per heavy atom. The minimum absolute atomic E-state index is 0.0798. The maximum Gasteiger partial charge on any atom is 0.223 e. The Kier molecular flexibility index (Phi) is 4.76. The zero-order valence-electron chi connectivity index (χ0n) is 10.7. The van der Waals surface area contributed by atoms with Crippen molar-refractivity contribution in [1.29, 1.82) is 0 Å². The molecule has 4 nitrogen and oxygen atoms in total. The molecule has 0 saturated heterocycles. The Hall–Kier alpha value is -1.59. The fourth-order valence-electron chi connectivity index (χ4n) is 1.83. The van der Waals surface area contributed by atoms with Gasteiger partial charge in [0.05, 0.1) is 12.9 Å². The molecule has 2 N–H and O–H groups in total. The summed E-state index contributed by atoms with van der Waals surface area (Å²) in [5, 5.41) is 14.1. The van der Waals surface area contributed by atoms with Crippen LogP contribution in [-0.2, 0) is 11.2 Å². The van der Waals surface area contributed by atoms with Crippen LogP contribution in [0.5, 0.6) is 0 Å². The molecule has 2 unspecified atom stereocenters. The Morgan fingerprint density at radius 2 is 2.32 bits per heavy atom. The van der Waals surface area contributed by atoms with Crippen LogP contribution >= 0.6 is 11.3 Å². The van der Waals surface area contributed by atoms with Crippen LogP contribution in [0.3, 0.4) is 0 Å². The number of hydrogen-bond acceptors (Lipinski definition) is 4. The van der Waals surface area contributed by atoms with Gasteiger partial charge in [-0.25, -0.2) is 0 Å². The SMILES string of the molecule is CC(Cc1cccs1)C(=O)NC(CO)c1ccco1. The molecule has 19 heavy (non-hydrogen) atoms. The van der Waals surface area contributed by atoms with Crippen LogP contribution in [0.4, 0.5) is 0 Å². The van der Waals surface area contributed by atoms with Gasteiger partial charge in [-0.15, -0.1) is 11.3 Å². The summed E-state index contributed by atoms with van der Waals surface area (Å²) in [6.07, 6.45) is 2.24. The zero-order chi connectivity index (χ0) is 13.7. The molecule has 2 aromatic heterocycles. The van der Waals surface area contributed by atoms with Crippen molar-refractivity contribution in [2.75, 3.05) is 6.61 Å². The van der Waals surface area contributed by atoms with Gasteiger partial charge in [0.25, 0.3) is 0 Å². The van der Waals surface area contributed by atoms with E-state index < -0.39 is 6.04 Å². The van der Waals surface area contributed by atoms with Crippen molar-refractivity contribution in [2.45, 2.75) is 19.4 Å². The number of hydrogen-bond donors (Lipinski definition) is 2. The maximum atomic E-state index is 12.1. The quantitative estimate of drug-likeness (QED) is 0.853. The first-order valence-electron chi connectivity index (χ1n) is 6.17. The molecule has 2 aromatic rings. The minimum atomic E-state index is -0.478. The predicted molar refractivity (Wildman–Crippen MR) is 73.9 cm³/mol. The van der Waals surface area contributed by atoms with Crippen molar-refractivity contribution in [1.82, 2.24) is 5.32 Å².